The Morgan fingerprint density at radius 1 is 1.11 bits per heavy atom. The number of nitrogen functional groups attached to an aromatic ring is 1. The second kappa shape index (κ2) is 12.4. The fourth-order valence-corrected chi connectivity index (χ4v) is 4.51. The van der Waals surface area contributed by atoms with Gasteiger partial charge in [-0.25, -0.2) is 8.42 Å². The summed E-state index contributed by atoms with van der Waals surface area (Å²) >= 11 is 6.17. The molecular formula is C23H29ClN6O6S. The minimum atomic E-state index is -3.97. The number of nitrogens with zero attached hydrogens (tertiary/aromatic N) is 1. The van der Waals surface area contributed by atoms with E-state index in [2.05, 4.69) is 10.6 Å². The number of nitrogens with two attached hydrogens (primary N) is 2. The van der Waals surface area contributed by atoms with Gasteiger partial charge in [-0.3, -0.25) is 24.1 Å². The molecule has 0 fully saturated rings. The van der Waals surface area contributed by atoms with Crippen LogP contribution < -0.4 is 31.1 Å². The molecule has 0 aliphatic rings. The number of sulfonamides is 1. The number of hydrogen-bond acceptors (Lipinski definition) is 7. The van der Waals surface area contributed by atoms with E-state index in [0.717, 1.165) is 4.31 Å². The highest BCUT2D eigenvalue weighted by atomic mass is 35.5. The third-order valence-electron chi connectivity index (χ3n) is 5.09. The number of halogens is 1. The first-order chi connectivity index (χ1) is 17.3. The molecule has 0 aliphatic carbocycles. The van der Waals surface area contributed by atoms with Crippen molar-refractivity contribution in [3.63, 3.8) is 0 Å². The predicted molar refractivity (Wildman–Crippen MR) is 140 cm³/mol. The molecule has 2 aromatic carbocycles. The van der Waals surface area contributed by atoms with Gasteiger partial charge in [-0.05, 0) is 38.1 Å². The summed E-state index contributed by atoms with van der Waals surface area (Å²) in [5.74, 6) is -1.83. The second-order valence-corrected chi connectivity index (χ2v) is 11.0. The van der Waals surface area contributed by atoms with E-state index >= 15 is 0 Å². The van der Waals surface area contributed by atoms with Gasteiger partial charge in [-0.2, -0.15) is 0 Å². The van der Waals surface area contributed by atoms with Crippen LogP contribution in [-0.4, -0.2) is 57.4 Å². The van der Waals surface area contributed by atoms with Gasteiger partial charge in [0.15, 0.2) is 6.61 Å². The summed E-state index contributed by atoms with van der Waals surface area (Å²) in [7, 11) is -2.52. The molecule has 2 aromatic rings. The first-order valence-electron chi connectivity index (χ1n) is 11.0. The molecule has 0 saturated carbocycles. The number of hydrogen-bond donors (Lipinski definition) is 5. The molecule has 0 aliphatic heterocycles. The average molecular weight is 553 g/mol. The molecule has 37 heavy (non-hydrogen) atoms. The summed E-state index contributed by atoms with van der Waals surface area (Å²) in [4.78, 5) is 36.1. The number of carbonyl (C=O) groups is 3. The molecule has 0 spiro atoms. The third kappa shape index (κ3) is 7.82. The molecule has 0 heterocycles. The molecule has 0 saturated heterocycles. The minimum Gasteiger partial charge on any atom is -0.483 e. The summed E-state index contributed by atoms with van der Waals surface area (Å²) in [6, 6.07) is 8.56. The molecular weight excluding hydrogens is 524 g/mol. The minimum absolute atomic E-state index is 0.00515. The zero-order valence-corrected chi connectivity index (χ0v) is 22.1. The maximum atomic E-state index is 13.0. The number of rotatable bonds is 12. The lowest BCUT2D eigenvalue weighted by Gasteiger charge is -2.25. The van der Waals surface area contributed by atoms with Gasteiger partial charge in [-0.1, -0.05) is 23.7 Å². The van der Waals surface area contributed by atoms with Crippen LogP contribution in [0.5, 0.6) is 5.75 Å². The Morgan fingerprint density at radius 3 is 2.35 bits per heavy atom. The van der Waals surface area contributed by atoms with E-state index in [1.54, 1.807) is 12.1 Å². The molecule has 200 valence electrons. The van der Waals surface area contributed by atoms with Crippen LogP contribution in [0.2, 0.25) is 5.02 Å². The van der Waals surface area contributed by atoms with E-state index in [-0.39, 0.29) is 46.9 Å². The SMILES string of the molecule is CNC(=O)COc1cc(C(=N)N)ccc1CNC(=O)c1cc(Cl)cc(N(CC(N)=O)S(=O)(=O)C(C)C)c1. The molecule has 2 rings (SSSR count). The molecule has 3 amide bonds. The number of primary amides is 1. The highest BCUT2D eigenvalue weighted by Crippen LogP contribution is 2.27. The van der Waals surface area contributed by atoms with Gasteiger partial charge in [0.2, 0.25) is 15.9 Å². The van der Waals surface area contributed by atoms with Gasteiger partial charge in [-0.15, -0.1) is 0 Å². The normalized spacial score (nSPS) is 11.1. The van der Waals surface area contributed by atoms with Gasteiger partial charge in [0, 0.05) is 35.3 Å². The molecule has 0 bridgehead atoms. The molecule has 0 radical (unpaired) electrons. The van der Waals surface area contributed by atoms with Crippen molar-refractivity contribution in [1.29, 1.82) is 5.41 Å². The fourth-order valence-electron chi connectivity index (χ4n) is 3.07. The van der Waals surface area contributed by atoms with Crippen molar-refractivity contribution >= 4 is 50.9 Å². The van der Waals surface area contributed by atoms with Crippen LogP contribution >= 0.6 is 11.6 Å². The van der Waals surface area contributed by atoms with E-state index in [0.29, 0.717) is 11.1 Å². The number of nitrogens with one attached hydrogen (secondary N) is 3. The number of carbonyl (C=O) groups excluding carboxylic acids is 3. The molecule has 14 heteroatoms. The number of likely N-dealkylation sites (N-methyl/N-ethyl adjacent to an activating group) is 1. The van der Waals surface area contributed by atoms with Crippen LogP contribution in [0.1, 0.15) is 35.3 Å². The number of ether oxygens (including phenoxy) is 1. The average Bonchev–Trinajstić information content (AvgIpc) is 2.83. The highest BCUT2D eigenvalue weighted by molar-refractivity contribution is 7.93. The Balaban J connectivity index is 2.34. The predicted octanol–water partition coefficient (Wildman–Crippen LogP) is 0.709. The number of anilines is 1. The van der Waals surface area contributed by atoms with Crippen molar-refractivity contribution in [2.45, 2.75) is 25.6 Å². The maximum Gasteiger partial charge on any atom is 0.257 e. The Bertz CT molecular complexity index is 1310. The Labute approximate surface area is 219 Å². The van der Waals surface area contributed by atoms with E-state index in [1.165, 1.54) is 45.2 Å². The summed E-state index contributed by atoms with van der Waals surface area (Å²) in [6.45, 7) is 1.93. The quantitative estimate of drug-likeness (QED) is 0.188. The zero-order valence-electron chi connectivity index (χ0n) is 20.5. The van der Waals surface area contributed by atoms with Crippen LogP contribution in [-0.2, 0) is 26.2 Å². The van der Waals surface area contributed by atoms with Crippen LogP contribution in [0.4, 0.5) is 5.69 Å². The summed E-state index contributed by atoms with van der Waals surface area (Å²) in [5, 5.41) is 11.9. The number of benzene rings is 2. The van der Waals surface area contributed by atoms with E-state index in [9.17, 15) is 22.8 Å². The van der Waals surface area contributed by atoms with Crippen LogP contribution in [0.25, 0.3) is 0 Å². The lowest BCUT2D eigenvalue weighted by molar-refractivity contribution is -0.122. The molecule has 12 nitrogen and oxygen atoms in total. The van der Waals surface area contributed by atoms with Gasteiger partial charge in [0.25, 0.3) is 11.8 Å². The number of amidine groups is 1. The molecule has 0 unspecified atom stereocenters. The first kappa shape index (κ1) is 29.4. The summed E-state index contributed by atoms with van der Waals surface area (Å²) in [5.41, 5.74) is 11.7. The summed E-state index contributed by atoms with van der Waals surface area (Å²) < 4.78 is 32.0. The lowest BCUT2D eigenvalue weighted by atomic mass is 10.1. The summed E-state index contributed by atoms with van der Waals surface area (Å²) in [6.07, 6.45) is 0. The Kier molecular flexibility index (Phi) is 9.86. The van der Waals surface area contributed by atoms with Gasteiger partial charge < -0.3 is 26.8 Å². The van der Waals surface area contributed by atoms with Crippen molar-refractivity contribution in [1.82, 2.24) is 10.6 Å². The van der Waals surface area contributed by atoms with Crippen molar-refractivity contribution in [3.05, 3.63) is 58.1 Å². The van der Waals surface area contributed by atoms with Crippen molar-refractivity contribution < 1.29 is 27.5 Å². The largest absolute Gasteiger partial charge is 0.483 e. The standard InChI is InChI=1S/C23H29ClN6O6S/c1-13(2)37(34,35)30(11-20(25)31)18-7-16(6-17(24)9-18)23(33)29-10-15-5-4-14(22(26)27)8-19(15)36-12-21(32)28-3/h4-9,13H,10-12H2,1-3H3,(H2,25,31)(H3,26,27)(H,28,32)(H,29,33). The van der Waals surface area contributed by atoms with Crippen molar-refractivity contribution in [2.75, 3.05) is 24.5 Å². The molecule has 0 atom stereocenters. The van der Waals surface area contributed by atoms with Gasteiger partial charge in [0.1, 0.15) is 18.1 Å². The van der Waals surface area contributed by atoms with Crippen molar-refractivity contribution in [2.24, 2.45) is 11.5 Å². The van der Waals surface area contributed by atoms with Gasteiger partial charge >= 0.3 is 0 Å². The smallest absolute Gasteiger partial charge is 0.257 e. The zero-order chi connectivity index (χ0) is 27.9. The first-order valence-corrected chi connectivity index (χ1v) is 12.8. The van der Waals surface area contributed by atoms with Crippen LogP contribution in [0.15, 0.2) is 36.4 Å². The van der Waals surface area contributed by atoms with Crippen LogP contribution in [0, 0.1) is 5.41 Å². The fraction of sp³-hybridized carbons (Fsp3) is 0.304. The second-order valence-electron chi connectivity index (χ2n) is 8.15. The highest BCUT2D eigenvalue weighted by Gasteiger charge is 2.28. The third-order valence-corrected chi connectivity index (χ3v) is 7.45. The van der Waals surface area contributed by atoms with Crippen LogP contribution in [0.3, 0.4) is 0 Å². The van der Waals surface area contributed by atoms with E-state index in [4.69, 9.17) is 33.2 Å². The number of amides is 3. The Hall–Kier alpha value is -3.84. The lowest BCUT2D eigenvalue weighted by Crippen LogP contribution is -2.42. The monoisotopic (exact) mass is 552 g/mol. The maximum absolute atomic E-state index is 13.0. The molecule has 7 N–H and O–H groups in total. The molecule has 0 aromatic heterocycles. The van der Waals surface area contributed by atoms with Crippen molar-refractivity contribution in [3.8, 4) is 5.75 Å². The van der Waals surface area contributed by atoms with E-state index < -0.39 is 33.6 Å². The van der Waals surface area contributed by atoms with Gasteiger partial charge in [0.05, 0.1) is 10.9 Å². The topological polar surface area (TPSA) is 198 Å². The Morgan fingerprint density at radius 2 is 1.78 bits per heavy atom. The van der Waals surface area contributed by atoms with E-state index in [1.807, 2.05) is 0 Å².